The molecular weight excluding hydrogens is 420 g/mol. The molecule has 32 heavy (non-hydrogen) atoms. The van der Waals surface area contributed by atoms with Crippen molar-refractivity contribution in [3.63, 3.8) is 0 Å². The summed E-state index contributed by atoms with van der Waals surface area (Å²) in [6.07, 6.45) is 0. The first-order valence-electron chi connectivity index (χ1n) is 10.8. The van der Waals surface area contributed by atoms with Gasteiger partial charge in [0.05, 0.1) is 8.80 Å². The highest BCUT2D eigenvalue weighted by Gasteiger charge is 2.11. The molecule has 0 N–H and O–H groups in total. The molecule has 4 rings (SSSR count). The number of rotatable bonds is 4. The highest BCUT2D eigenvalue weighted by atomic mass is 32.2. The Morgan fingerprint density at radius 3 is 1.34 bits per heavy atom. The Morgan fingerprint density at radius 2 is 0.906 bits per heavy atom. The van der Waals surface area contributed by atoms with Gasteiger partial charge in [0.1, 0.15) is 0 Å². The molecule has 2 heteroatoms. The maximum absolute atomic E-state index is 3.18. The van der Waals surface area contributed by atoms with Crippen molar-refractivity contribution in [1.82, 2.24) is 0 Å². The SMILES string of the molecule is C[SiH](C)c1ccc(C#CC#Cc2ccc([SH](c3ccccc3)c3ccccc3)cc2)cc1. The van der Waals surface area contributed by atoms with E-state index in [1.807, 2.05) is 0 Å². The van der Waals surface area contributed by atoms with Crippen LogP contribution in [0.1, 0.15) is 11.1 Å². The van der Waals surface area contributed by atoms with Gasteiger partial charge in [-0.05, 0) is 87.2 Å². The average Bonchev–Trinajstić information content (AvgIpc) is 2.84. The minimum Gasteiger partial charge on any atom is -0.173 e. The van der Waals surface area contributed by atoms with Gasteiger partial charge in [-0.15, -0.1) is 0 Å². The summed E-state index contributed by atoms with van der Waals surface area (Å²) in [6, 6.07) is 38.7. The molecule has 0 fully saturated rings. The van der Waals surface area contributed by atoms with Gasteiger partial charge in [-0.3, -0.25) is 0 Å². The zero-order valence-electron chi connectivity index (χ0n) is 18.4. The van der Waals surface area contributed by atoms with Gasteiger partial charge in [0.15, 0.2) is 0 Å². The van der Waals surface area contributed by atoms with Crippen LogP contribution >= 0.6 is 10.9 Å². The van der Waals surface area contributed by atoms with E-state index in [1.165, 1.54) is 19.9 Å². The molecule has 0 radical (unpaired) electrons. The third kappa shape index (κ3) is 5.62. The van der Waals surface area contributed by atoms with Crippen LogP contribution in [-0.2, 0) is 0 Å². The Labute approximate surface area is 196 Å². The monoisotopic (exact) mass is 446 g/mol. The molecule has 0 aliphatic rings. The molecule has 0 saturated carbocycles. The molecule has 0 heterocycles. The molecular formula is C30H26SSi. The fourth-order valence-electron chi connectivity index (χ4n) is 3.45. The molecule has 0 unspecified atom stereocenters. The largest absolute Gasteiger partial charge is 0.173 e. The Morgan fingerprint density at radius 1 is 0.500 bits per heavy atom. The highest BCUT2D eigenvalue weighted by molar-refractivity contribution is 8.17. The predicted molar refractivity (Wildman–Crippen MR) is 142 cm³/mol. The first-order valence-corrected chi connectivity index (χ1v) is 15.1. The first-order chi connectivity index (χ1) is 15.7. The lowest BCUT2D eigenvalue weighted by atomic mass is 10.2. The molecule has 4 aromatic rings. The molecule has 4 aromatic carbocycles. The van der Waals surface area contributed by atoms with Crippen LogP contribution in [0.5, 0.6) is 0 Å². The van der Waals surface area contributed by atoms with Crippen LogP contribution in [0.25, 0.3) is 0 Å². The lowest BCUT2D eigenvalue weighted by Gasteiger charge is -2.23. The molecule has 0 saturated heterocycles. The molecule has 0 amide bonds. The minimum atomic E-state index is -0.751. The topological polar surface area (TPSA) is 0 Å². The van der Waals surface area contributed by atoms with E-state index in [-0.39, 0.29) is 0 Å². The van der Waals surface area contributed by atoms with Gasteiger partial charge in [-0.2, -0.15) is 10.9 Å². The number of thiol groups is 1. The summed E-state index contributed by atoms with van der Waals surface area (Å²) in [6.45, 7) is 4.67. The normalized spacial score (nSPS) is 10.5. The van der Waals surface area contributed by atoms with Gasteiger partial charge in [0.25, 0.3) is 0 Å². The zero-order chi connectivity index (χ0) is 22.2. The summed E-state index contributed by atoms with van der Waals surface area (Å²) in [5.74, 6) is 12.3. The lowest BCUT2D eigenvalue weighted by molar-refractivity contribution is 1.32. The van der Waals surface area contributed by atoms with Gasteiger partial charge >= 0.3 is 0 Å². The minimum absolute atomic E-state index is 0.586. The second-order valence-electron chi connectivity index (χ2n) is 7.83. The summed E-state index contributed by atoms with van der Waals surface area (Å²) in [5, 5.41) is 1.47. The van der Waals surface area contributed by atoms with Crippen molar-refractivity contribution in [2.45, 2.75) is 27.8 Å². The summed E-state index contributed by atoms with van der Waals surface area (Å²) in [4.78, 5) is 4.02. The molecule has 156 valence electrons. The Balaban J connectivity index is 1.53. The molecule has 0 bridgehead atoms. The highest BCUT2D eigenvalue weighted by Crippen LogP contribution is 2.50. The summed E-state index contributed by atoms with van der Waals surface area (Å²) < 4.78 is 0. The van der Waals surface area contributed by atoms with E-state index in [4.69, 9.17) is 0 Å². The smallest absolute Gasteiger partial charge is 0.0647 e. The Kier molecular flexibility index (Phi) is 7.31. The van der Waals surface area contributed by atoms with Crippen LogP contribution in [-0.4, -0.2) is 8.80 Å². The first kappa shape index (κ1) is 21.8. The third-order valence-corrected chi connectivity index (χ3v) is 9.37. The number of hydrogen-bond donors (Lipinski definition) is 1. The van der Waals surface area contributed by atoms with Crippen molar-refractivity contribution < 1.29 is 0 Å². The Hall–Kier alpha value is -3.43. The van der Waals surface area contributed by atoms with E-state index in [2.05, 4.69) is 146 Å². The molecule has 0 aliphatic carbocycles. The lowest BCUT2D eigenvalue weighted by Crippen LogP contribution is -2.21. The molecule has 0 nitrogen and oxygen atoms in total. The van der Waals surface area contributed by atoms with Crippen LogP contribution < -0.4 is 5.19 Å². The summed E-state index contributed by atoms with van der Waals surface area (Å²) >= 11 is 0. The van der Waals surface area contributed by atoms with Gasteiger partial charge < -0.3 is 0 Å². The zero-order valence-corrected chi connectivity index (χ0v) is 20.5. The van der Waals surface area contributed by atoms with Crippen LogP contribution in [0.2, 0.25) is 13.1 Å². The van der Waals surface area contributed by atoms with Crippen LogP contribution in [0.15, 0.2) is 124 Å². The maximum Gasteiger partial charge on any atom is 0.0647 e. The average molecular weight is 447 g/mol. The van der Waals surface area contributed by atoms with Crippen LogP contribution in [0, 0.1) is 23.7 Å². The second-order valence-corrected chi connectivity index (χ2v) is 13.0. The number of hydrogen-bond acceptors (Lipinski definition) is 0. The van der Waals surface area contributed by atoms with Crippen molar-refractivity contribution >= 4 is 24.9 Å². The third-order valence-electron chi connectivity index (χ3n) is 5.21. The number of benzene rings is 4. The molecule has 0 aliphatic heterocycles. The molecule has 0 atom stereocenters. The standard InChI is InChI=1S/C30H26SSi/c1-32(2)30-23-19-26(20-24-30)12-10-9-11-25-17-21-29(22-18-25)31(27-13-5-3-6-14-27)28-15-7-4-8-16-28/h3-8,13-24,31-32H,1-2H3. The van der Waals surface area contributed by atoms with Gasteiger partial charge in [-0.1, -0.05) is 78.7 Å². The van der Waals surface area contributed by atoms with E-state index in [9.17, 15) is 0 Å². The van der Waals surface area contributed by atoms with Gasteiger partial charge in [-0.25, -0.2) is 0 Å². The summed E-state index contributed by atoms with van der Waals surface area (Å²) in [7, 11) is -1.34. The van der Waals surface area contributed by atoms with Crippen molar-refractivity contribution in [3.05, 3.63) is 120 Å². The van der Waals surface area contributed by atoms with E-state index in [0.29, 0.717) is 0 Å². The van der Waals surface area contributed by atoms with Crippen LogP contribution in [0.3, 0.4) is 0 Å². The Bertz CT molecular complexity index is 1230. The van der Waals surface area contributed by atoms with Crippen molar-refractivity contribution in [1.29, 1.82) is 0 Å². The van der Waals surface area contributed by atoms with Crippen LogP contribution in [0.4, 0.5) is 0 Å². The van der Waals surface area contributed by atoms with E-state index in [1.54, 1.807) is 0 Å². The quantitative estimate of drug-likeness (QED) is 0.213. The van der Waals surface area contributed by atoms with Gasteiger partial charge in [0, 0.05) is 11.1 Å². The van der Waals surface area contributed by atoms with Crippen molar-refractivity contribution in [2.75, 3.05) is 0 Å². The molecule has 0 aromatic heterocycles. The second kappa shape index (κ2) is 10.7. The van der Waals surface area contributed by atoms with E-state index < -0.39 is 19.7 Å². The molecule has 0 spiro atoms. The predicted octanol–water partition coefficient (Wildman–Crippen LogP) is 6.26. The fraction of sp³-hybridized carbons (Fsp3) is 0.0667. The van der Waals surface area contributed by atoms with Crippen molar-refractivity contribution in [3.8, 4) is 23.7 Å². The fourth-order valence-corrected chi connectivity index (χ4v) is 6.70. The van der Waals surface area contributed by atoms with Gasteiger partial charge in [0.2, 0.25) is 0 Å². The van der Waals surface area contributed by atoms with E-state index in [0.717, 1.165) is 11.1 Å². The van der Waals surface area contributed by atoms with E-state index >= 15 is 0 Å². The maximum atomic E-state index is 3.18. The van der Waals surface area contributed by atoms with Crippen molar-refractivity contribution in [2.24, 2.45) is 0 Å². The summed E-state index contributed by atoms with van der Waals surface area (Å²) in [5.41, 5.74) is 2.00.